The van der Waals surface area contributed by atoms with Gasteiger partial charge in [-0.1, -0.05) is 69.8 Å². The minimum atomic E-state index is -1.58. The summed E-state index contributed by atoms with van der Waals surface area (Å²) in [5.74, 6) is -4.54. The summed E-state index contributed by atoms with van der Waals surface area (Å²) in [5, 5.41) is 9.63. The molecule has 1 aromatic heterocycles. The van der Waals surface area contributed by atoms with Crippen LogP contribution in [0.4, 0.5) is 13.6 Å². The van der Waals surface area contributed by atoms with Crippen LogP contribution in [0.3, 0.4) is 0 Å². The molecule has 1 aliphatic rings. The van der Waals surface area contributed by atoms with Crippen molar-refractivity contribution < 1.29 is 32.7 Å². The van der Waals surface area contributed by atoms with Crippen LogP contribution in [0.2, 0.25) is 10.0 Å². The molecule has 14 heteroatoms. The van der Waals surface area contributed by atoms with Crippen molar-refractivity contribution in [3.63, 3.8) is 0 Å². The third-order valence-electron chi connectivity index (χ3n) is 9.08. The average Bonchev–Trinajstić information content (AvgIpc) is 3.38. The number of halogens is 4. The molecule has 10 nitrogen and oxygen atoms in total. The Bertz CT molecular complexity index is 1660. The largest absolute Gasteiger partial charge is 0.444 e. The van der Waals surface area contributed by atoms with Crippen LogP contribution >= 0.6 is 23.2 Å². The number of amides is 4. The normalized spacial score (nSPS) is 18.4. The molecule has 1 aliphatic carbocycles. The molecule has 2 unspecified atom stereocenters. The smallest absolute Gasteiger partial charge is 0.408 e. The highest BCUT2D eigenvalue weighted by atomic mass is 35.5. The second-order valence-electron chi connectivity index (χ2n) is 12.2. The van der Waals surface area contributed by atoms with E-state index >= 15 is 0 Å². The second kappa shape index (κ2) is 14.9. The van der Waals surface area contributed by atoms with Gasteiger partial charge in [0.05, 0.1) is 16.1 Å². The number of fused-ring (bicyclic) bond motifs is 3. The molecule has 47 heavy (non-hydrogen) atoms. The quantitative estimate of drug-likeness (QED) is 0.171. The Kier molecular flexibility index (Phi) is 11.4. The molecule has 0 spiro atoms. The van der Waals surface area contributed by atoms with Gasteiger partial charge in [-0.25, -0.2) is 13.6 Å². The van der Waals surface area contributed by atoms with Gasteiger partial charge < -0.3 is 31.4 Å². The predicted molar refractivity (Wildman–Crippen MR) is 175 cm³/mol. The number of aromatic nitrogens is 1. The number of aryl methyl sites for hydroxylation is 1. The van der Waals surface area contributed by atoms with Gasteiger partial charge in [0, 0.05) is 22.5 Å². The van der Waals surface area contributed by atoms with Crippen LogP contribution in [0.15, 0.2) is 30.3 Å². The van der Waals surface area contributed by atoms with E-state index in [1.165, 1.54) is 6.07 Å². The van der Waals surface area contributed by atoms with Gasteiger partial charge in [0.25, 0.3) is 0 Å². The minimum absolute atomic E-state index is 0.00674. The number of primary amides is 1. The highest BCUT2D eigenvalue weighted by molar-refractivity contribution is 6.38. The standard InChI is InChI=1S/C33H39Cl2F2N5O5/c1-5-16(3)26(29(38)43)40-31(45)33(11-10-25-20(14-33)19-12-18(34)13-22(35)28(19)39-25)42-30(44)27(17(4)6-2)41-32(46)47-15-21-23(36)8-7-9-24(21)37/h7-9,12-13,16-17,26-27,39H,5-6,10-11,14-15H2,1-4H3,(H2,38,43)(H,40,45)(H,41,46)(H,42,44)/t16?,17?,26-,27-,33+/m0/s1. The van der Waals surface area contributed by atoms with Crippen molar-refractivity contribution in [2.24, 2.45) is 17.6 Å². The molecule has 0 saturated heterocycles. The summed E-state index contributed by atoms with van der Waals surface area (Å²) >= 11 is 12.8. The third-order valence-corrected chi connectivity index (χ3v) is 9.60. The van der Waals surface area contributed by atoms with E-state index in [2.05, 4.69) is 20.9 Å². The Balaban J connectivity index is 1.66. The van der Waals surface area contributed by atoms with E-state index in [0.717, 1.165) is 17.8 Å². The molecule has 3 aromatic rings. The number of H-pyrrole nitrogens is 1. The number of ether oxygens (including phenoxy) is 1. The van der Waals surface area contributed by atoms with E-state index in [-0.39, 0.29) is 18.8 Å². The van der Waals surface area contributed by atoms with Gasteiger partial charge in [0.15, 0.2) is 0 Å². The maximum absolute atomic E-state index is 14.2. The fourth-order valence-electron chi connectivity index (χ4n) is 5.83. The zero-order valence-corrected chi connectivity index (χ0v) is 28.1. The highest BCUT2D eigenvalue weighted by Crippen LogP contribution is 2.38. The molecule has 5 atom stereocenters. The van der Waals surface area contributed by atoms with E-state index in [0.29, 0.717) is 45.8 Å². The molecule has 254 valence electrons. The molecule has 0 saturated carbocycles. The van der Waals surface area contributed by atoms with Gasteiger partial charge in [-0.05, 0) is 54.5 Å². The first kappa shape index (κ1) is 35.9. The summed E-state index contributed by atoms with van der Waals surface area (Å²) in [4.78, 5) is 56.8. The van der Waals surface area contributed by atoms with Gasteiger partial charge in [0.1, 0.15) is 35.9 Å². The zero-order valence-electron chi connectivity index (χ0n) is 26.6. The fourth-order valence-corrected chi connectivity index (χ4v) is 6.37. The number of nitrogens with two attached hydrogens (primary N) is 1. The maximum atomic E-state index is 14.2. The average molecular weight is 695 g/mol. The first-order chi connectivity index (χ1) is 22.2. The molecule has 6 N–H and O–H groups in total. The molecular formula is C33H39Cl2F2N5O5. The minimum Gasteiger partial charge on any atom is -0.444 e. The topological polar surface area (TPSA) is 155 Å². The molecule has 0 radical (unpaired) electrons. The third kappa shape index (κ3) is 7.81. The lowest BCUT2D eigenvalue weighted by atomic mass is 9.78. The molecule has 2 aromatic carbocycles. The van der Waals surface area contributed by atoms with Gasteiger partial charge in [0.2, 0.25) is 17.7 Å². The first-order valence-electron chi connectivity index (χ1n) is 15.5. The number of nitrogens with one attached hydrogen (secondary N) is 4. The van der Waals surface area contributed by atoms with E-state index in [4.69, 9.17) is 33.7 Å². The van der Waals surface area contributed by atoms with Crippen LogP contribution in [-0.4, -0.2) is 46.4 Å². The van der Waals surface area contributed by atoms with Crippen molar-refractivity contribution in [2.75, 3.05) is 0 Å². The van der Waals surface area contributed by atoms with Crippen molar-refractivity contribution in [1.29, 1.82) is 0 Å². The Labute approximate surface area is 281 Å². The first-order valence-corrected chi connectivity index (χ1v) is 16.2. The van der Waals surface area contributed by atoms with E-state index in [1.807, 2.05) is 13.8 Å². The lowest BCUT2D eigenvalue weighted by Crippen LogP contribution is -2.67. The van der Waals surface area contributed by atoms with Crippen LogP contribution in [0.1, 0.15) is 63.8 Å². The van der Waals surface area contributed by atoms with Crippen molar-refractivity contribution in [1.82, 2.24) is 20.9 Å². The second-order valence-corrected chi connectivity index (χ2v) is 13.0. The zero-order chi connectivity index (χ0) is 34.6. The summed E-state index contributed by atoms with van der Waals surface area (Å²) < 4.78 is 33.3. The van der Waals surface area contributed by atoms with Crippen LogP contribution < -0.4 is 21.7 Å². The summed E-state index contributed by atoms with van der Waals surface area (Å²) in [6.07, 6.45) is 0.382. The number of alkyl carbamates (subject to hydrolysis) is 1. The van der Waals surface area contributed by atoms with Gasteiger partial charge in [-0.2, -0.15) is 0 Å². The number of carbonyl (C=O) groups excluding carboxylic acids is 4. The number of aromatic amines is 1. The molecule has 0 bridgehead atoms. The summed E-state index contributed by atoms with van der Waals surface area (Å²) in [7, 11) is 0. The van der Waals surface area contributed by atoms with E-state index in [1.54, 1.807) is 26.0 Å². The van der Waals surface area contributed by atoms with Crippen molar-refractivity contribution in [3.05, 3.63) is 68.8 Å². The SMILES string of the molecule is CCC(C)[C@H](NC(=O)[C@@]1(NC(=O)[C@@H](NC(=O)OCc2c(F)cccc2F)C(C)CC)CCc2[nH]c3c(Cl)cc(Cl)cc3c2C1)C(N)=O. The molecular weight excluding hydrogens is 655 g/mol. The lowest BCUT2D eigenvalue weighted by Gasteiger charge is -2.39. The Morgan fingerprint density at radius 3 is 2.28 bits per heavy atom. The van der Waals surface area contributed by atoms with E-state index in [9.17, 15) is 28.0 Å². The molecule has 0 fully saturated rings. The Morgan fingerprint density at radius 2 is 1.66 bits per heavy atom. The van der Waals surface area contributed by atoms with Gasteiger partial charge in [-0.3, -0.25) is 14.4 Å². The summed E-state index contributed by atoms with van der Waals surface area (Å²) in [5.41, 5.74) is 5.81. The number of hydrogen-bond donors (Lipinski definition) is 5. The Hall–Kier alpha value is -3.90. The monoisotopic (exact) mass is 693 g/mol. The number of hydrogen-bond acceptors (Lipinski definition) is 5. The van der Waals surface area contributed by atoms with Crippen LogP contribution in [0.5, 0.6) is 0 Å². The molecule has 4 rings (SSSR count). The Morgan fingerprint density at radius 1 is 1.02 bits per heavy atom. The molecule has 4 amide bonds. The van der Waals surface area contributed by atoms with Crippen LogP contribution in [-0.2, 0) is 38.6 Å². The molecule has 1 heterocycles. The highest BCUT2D eigenvalue weighted by Gasteiger charge is 2.47. The van der Waals surface area contributed by atoms with Crippen molar-refractivity contribution >= 4 is 57.9 Å². The number of carbonyl (C=O) groups is 4. The summed E-state index contributed by atoms with van der Waals surface area (Å²) in [6.45, 7) is 6.47. The van der Waals surface area contributed by atoms with E-state index < -0.39 is 71.2 Å². The molecule has 0 aliphatic heterocycles. The lowest BCUT2D eigenvalue weighted by molar-refractivity contribution is -0.137. The maximum Gasteiger partial charge on any atom is 0.408 e. The van der Waals surface area contributed by atoms with Crippen LogP contribution in [0, 0.1) is 23.5 Å². The van der Waals surface area contributed by atoms with Crippen molar-refractivity contribution in [3.8, 4) is 0 Å². The fraction of sp³-hybridized carbons (Fsp3) is 0.455. The predicted octanol–water partition coefficient (Wildman–Crippen LogP) is 5.45. The summed E-state index contributed by atoms with van der Waals surface area (Å²) in [6, 6.07) is 4.37. The number of rotatable bonds is 12. The van der Waals surface area contributed by atoms with Gasteiger partial charge in [-0.15, -0.1) is 0 Å². The van der Waals surface area contributed by atoms with Crippen LogP contribution in [0.25, 0.3) is 10.9 Å². The van der Waals surface area contributed by atoms with Gasteiger partial charge >= 0.3 is 6.09 Å². The van der Waals surface area contributed by atoms with Crippen molar-refractivity contribution in [2.45, 2.75) is 84.0 Å². The number of benzene rings is 2.